The highest BCUT2D eigenvalue weighted by atomic mass is 35.5. The van der Waals surface area contributed by atoms with E-state index in [0.717, 1.165) is 22.4 Å². The molecule has 1 aromatic carbocycles. The fourth-order valence-electron chi connectivity index (χ4n) is 4.63. The quantitative estimate of drug-likeness (QED) is 0.337. The Balaban J connectivity index is 1.60. The van der Waals surface area contributed by atoms with E-state index >= 15 is 0 Å². The van der Waals surface area contributed by atoms with Crippen LogP contribution in [0.4, 0.5) is 10.2 Å². The van der Waals surface area contributed by atoms with Gasteiger partial charge in [0.1, 0.15) is 35.9 Å². The Morgan fingerprint density at radius 2 is 2.03 bits per heavy atom. The van der Waals surface area contributed by atoms with Crippen molar-refractivity contribution in [3.05, 3.63) is 69.6 Å². The summed E-state index contributed by atoms with van der Waals surface area (Å²) in [4.78, 5) is 16.2. The number of halogens is 2. The van der Waals surface area contributed by atoms with Crippen LogP contribution in [0.2, 0.25) is 5.02 Å². The topological polar surface area (TPSA) is 109 Å². The maximum Gasteiger partial charge on any atom is 0.163 e. The highest BCUT2D eigenvalue weighted by Crippen LogP contribution is 2.38. The van der Waals surface area contributed by atoms with Crippen LogP contribution in [0.3, 0.4) is 0 Å². The molecule has 11 heteroatoms. The molecule has 4 heterocycles. The van der Waals surface area contributed by atoms with Crippen molar-refractivity contribution in [1.82, 2.24) is 25.4 Å². The molecule has 198 valence electrons. The van der Waals surface area contributed by atoms with Gasteiger partial charge in [-0.3, -0.25) is 4.98 Å². The molecule has 9 nitrogen and oxygen atoms in total. The molecule has 0 spiro atoms. The number of aliphatic hydroxyl groups is 1. The minimum Gasteiger partial charge on any atom is -0.491 e. The molecule has 1 atom stereocenters. The Labute approximate surface area is 224 Å². The molecular formula is C27H28ClFN6O3. The SMILES string of the molecule is CNC[C@H](O)COc1ccc(Cl)c(-c2nc(-c3c(C)noc3C)c(C)c(N3Cc4cc(F)cnc4C3)n2)c1. The zero-order valence-corrected chi connectivity index (χ0v) is 22.3. The van der Waals surface area contributed by atoms with Crippen LogP contribution < -0.4 is 15.0 Å². The highest BCUT2D eigenvalue weighted by molar-refractivity contribution is 6.33. The number of likely N-dealkylation sites (N-methyl/N-ethyl adjacent to an activating group) is 1. The second-order valence-corrected chi connectivity index (χ2v) is 9.73. The summed E-state index contributed by atoms with van der Waals surface area (Å²) in [7, 11) is 1.76. The zero-order valence-electron chi connectivity index (χ0n) is 21.5. The molecule has 3 aromatic heterocycles. The number of aryl methyl sites for hydroxylation is 2. The number of rotatable bonds is 8. The number of benzene rings is 1. The number of hydrogen-bond donors (Lipinski definition) is 2. The van der Waals surface area contributed by atoms with Crippen LogP contribution in [0.1, 0.15) is 28.3 Å². The predicted octanol–water partition coefficient (Wildman–Crippen LogP) is 4.39. The number of nitrogens with zero attached hydrogens (tertiary/aromatic N) is 5. The van der Waals surface area contributed by atoms with Crippen LogP contribution in [0, 0.1) is 26.6 Å². The lowest BCUT2D eigenvalue weighted by atomic mass is 10.0. The summed E-state index contributed by atoms with van der Waals surface area (Å²) in [5.74, 6) is 1.86. The minimum absolute atomic E-state index is 0.113. The molecule has 0 aliphatic carbocycles. The maximum atomic E-state index is 13.9. The number of ether oxygens (including phenoxy) is 1. The minimum atomic E-state index is -0.664. The van der Waals surface area contributed by atoms with Crippen LogP contribution in [-0.2, 0) is 13.1 Å². The molecule has 0 fully saturated rings. The molecule has 0 radical (unpaired) electrons. The van der Waals surface area contributed by atoms with Gasteiger partial charge in [0.15, 0.2) is 5.82 Å². The zero-order chi connectivity index (χ0) is 27.0. The first-order chi connectivity index (χ1) is 18.2. The van der Waals surface area contributed by atoms with Crippen molar-refractivity contribution in [2.45, 2.75) is 40.0 Å². The molecule has 0 amide bonds. The smallest absolute Gasteiger partial charge is 0.163 e. The van der Waals surface area contributed by atoms with E-state index in [1.54, 1.807) is 25.2 Å². The molecule has 0 bridgehead atoms. The Hall–Kier alpha value is -3.60. The summed E-state index contributed by atoms with van der Waals surface area (Å²) in [5, 5.41) is 17.5. The molecule has 0 unspecified atom stereocenters. The van der Waals surface area contributed by atoms with Crippen molar-refractivity contribution >= 4 is 17.4 Å². The van der Waals surface area contributed by atoms with E-state index in [-0.39, 0.29) is 12.4 Å². The first-order valence-electron chi connectivity index (χ1n) is 12.2. The molecule has 38 heavy (non-hydrogen) atoms. The van der Waals surface area contributed by atoms with Gasteiger partial charge in [-0.2, -0.15) is 0 Å². The van der Waals surface area contributed by atoms with Crippen LogP contribution >= 0.6 is 11.6 Å². The Kier molecular flexibility index (Phi) is 7.29. The van der Waals surface area contributed by atoms with E-state index in [4.69, 9.17) is 30.8 Å². The Bertz CT molecular complexity index is 1470. The van der Waals surface area contributed by atoms with Gasteiger partial charge in [-0.15, -0.1) is 0 Å². The van der Waals surface area contributed by atoms with Crippen molar-refractivity contribution in [2.24, 2.45) is 0 Å². The molecule has 0 saturated carbocycles. The number of anilines is 1. The van der Waals surface area contributed by atoms with Crippen LogP contribution in [0.25, 0.3) is 22.6 Å². The van der Waals surface area contributed by atoms with Crippen molar-refractivity contribution in [3.63, 3.8) is 0 Å². The van der Waals surface area contributed by atoms with Gasteiger partial charge >= 0.3 is 0 Å². The van der Waals surface area contributed by atoms with Crippen LogP contribution in [0.5, 0.6) is 5.75 Å². The third-order valence-corrected chi connectivity index (χ3v) is 6.81. The second kappa shape index (κ2) is 10.6. The van der Waals surface area contributed by atoms with Gasteiger partial charge in [-0.05, 0) is 57.6 Å². The van der Waals surface area contributed by atoms with Gasteiger partial charge in [0.2, 0.25) is 0 Å². The lowest BCUT2D eigenvalue weighted by Gasteiger charge is -2.22. The molecule has 5 rings (SSSR count). The van der Waals surface area contributed by atoms with Crippen molar-refractivity contribution in [2.75, 3.05) is 25.1 Å². The summed E-state index contributed by atoms with van der Waals surface area (Å²) in [6.45, 7) is 7.11. The molecule has 0 saturated heterocycles. The molecule has 1 aliphatic heterocycles. The number of pyridine rings is 1. The standard InChI is InChI=1S/C27H28ClFN6O3/c1-14-25(24-15(2)34-38-16(24)3)32-26(21-8-20(5-6-22(21)28)37-13-19(36)10-30-4)33-27(14)35-11-17-7-18(29)9-31-23(17)12-35/h5-9,19,30,36H,10-13H2,1-4H3/t19-/m0/s1. The Morgan fingerprint density at radius 1 is 1.21 bits per heavy atom. The average Bonchev–Trinajstić information content (AvgIpc) is 3.46. The first-order valence-corrected chi connectivity index (χ1v) is 12.6. The fraction of sp³-hybridized carbons (Fsp3) is 0.333. The van der Waals surface area contributed by atoms with Gasteiger partial charge in [0.05, 0.1) is 40.4 Å². The number of aliphatic hydroxyl groups excluding tert-OH is 1. The van der Waals surface area contributed by atoms with Crippen LogP contribution in [0.15, 0.2) is 35.0 Å². The van der Waals surface area contributed by atoms with E-state index in [0.29, 0.717) is 64.8 Å². The lowest BCUT2D eigenvalue weighted by molar-refractivity contribution is 0.108. The third-order valence-electron chi connectivity index (χ3n) is 6.48. The van der Waals surface area contributed by atoms with Gasteiger partial charge in [-0.1, -0.05) is 16.8 Å². The van der Waals surface area contributed by atoms with E-state index < -0.39 is 6.10 Å². The third kappa shape index (κ3) is 5.07. The van der Waals surface area contributed by atoms with Crippen LogP contribution in [-0.4, -0.2) is 51.5 Å². The number of aromatic nitrogens is 4. The lowest BCUT2D eigenvalue weighted by Crippen LogP contribution is -2.29. The van der Waals surface area contributed by atoms with E-state index in [1.165, 1.54) is 12.3 Å². The van der Waals surface area contributed by atoms with Gasteiger partial charge in [0.25, 0.3) is 0 Å². The Morgan fingerprint density at radius 3 is 2.76 bits per heavy atom. The molecule has 1 aliphatic rings. The van der Waals surface area contributed by atoms with Gasteiger partial charge in [0, 0.05) is 24.2 Å². The largest absolute Gasteiger partial charge is 0.491 e. The summed E-state index contributed by atoms with van der Waals surface area (Å²) in [6.07, 6.45) is 0.567. The predicted molar refractivity (Wildman–Crippen MR) is 142 cm³/mol. The molecule has 2 N–H and O–H groups in total. The van der Waals surface area contributed by atoms with E-state index in [2.05, 4.69) is 15.5 Å². The first kappa shape index (κ1) is 26.0. The summed E-state index contributed by atoms with van der Waals surface area (Å²) in [5.41, 5.74) is 5.18. The van der Waals surface area contributed by atoms with Gasteiger partial charge < -0.3 is 24.6 Å². The van der Waals surface area contributed by atoms with Gasteiger partial charge in [-0.25, -0.2) is 14.4 Å². The van der Waals surface area contributed by atoms with E-state index in [1.807, 2.05) is 25.7 Å². The fourth-order valence-corrected chi connectivity index (χ4v) is 4.83. The number of hydrogen-bond acceptors (Lipinski definition) is 9. The summed E-state index contributed by atoms with van der Waals surface area (Å²) in [6, 6.07) is 6.72. The highest BCUT2D eigenvalue weighted by Gasteiger charge is 2.28. The summed E-state index contributed by atoms with van der Waals surface area (Å²) >= 11 is 6.63. The second-order valence-electron chi connectivity index (χ2n) is 9.32. The number of nitrogens with one attached hydrogen (secondary N) is 1. The molecular weight excluding hydrogens is 511 g/mol. The normalized spacial score (nSPS) is 13.6. The van der Waals surface area contributed by atoms with E-state index in [9.17, 15) is 9.50 Å². The molecule has 4 aromatic rings. The van der Waals surface area contributed by atoms with Crippen molar-refractivity contribution < 1.29 is 18.8 Å². The average molecular weight is 539 g/mol. The summed E-state index contributed by atoms with van der Waals surface area (Å²) < 4.78 is 25.1. The number of fused-ring (bicyclic) bond motifs is 1. The maximum absolute atomic E-state index is 13.9. The monoisotopic (exact) mass is 538 g/mol. The van der Waals surface area contributed by atoms with Crippen molar-refractivity contribution in [3.8, 4) is 28.4 Å². The van der Waals surface area contributed by atoms with Crippen molar-refractivity contribution in [1.29, 1.82) is 0 Å².